The molecule has 3 atom stereocenters. The van der Waals surface area contributed by atoms with Gasteiger partial charge in [0.1, 0.15) is 0 Å². The monoisotopic (exact) mass is 114 g/mol. The van der Waals surface area contributed by atoms with Crippen molar-refractivity contribution in [2.75, 3.05) is 0 Å². The summed E-state index contributed by atoms with van der Waals surface area (Å²) in [5.74, 6) is 1.30. The van der Waals surface area contributed by atoms with Gasteiger partial charge in [-0.05, 0) is 24.7 Å². The van der Waals surface area contributed by atoms with Crippen LogP contribution in [-0.2, 0) is 0 Å². The molecule has 0 bridgehead atoms. The third kappa shape index (κ3) is 1.03. The molecule has 0 spiro atoms. The van der Waals surface area contributed by atoms with Gasteiger partial charge < -0.3 is 5.11 Å². The van der Waals surface area contributed by atoms with Gasteiger partial charge in [0.2, 0.25) is 0 Å². The largest absolute Gasteiger partial charge is 0.393 e. The minimum Gasteiger partial charge on any atom is -0.393 e. The topological polar surface area (TPSA) is 20.2 Å². The van der Waals surface area contributed by atoms with E-state index in [-0.39, 0.29) is 6.10 Å². The molecule has 0 unspecified atom stereocenters. The van der Waals surface area contributed by atoms with E-state index in [0.29, 0.717) is 5.92 Å². The van der Waals surface area contributed by atoms with E-state index in [9.17, 15) is 0 Å². The highest BCUT2D eigenvalue weighted by Crippen LogP contribution is 2.29. The first-order valence-electron chi connectivity index (χ1n) is 3.38. The first-order chi connectivity index (χ1) is 3.70. The molecule has 1 heteroatoms. The lowest BCUT2D eigenvalue weighted by atomic mass is 10.1. The van der Waals surface area contributed by atoms with Gasteiger partial charge >= 0.3 is 0 Å². The third-order valence-corrected chi connectivity index (χ3v) is 2.07. The Morgan fingerprint density at radius 1 is 1.25 bits per heavy atom. The zero-order valence-corrected chi connectivity index (χ0v) is 5.59. The SMILES string of the molecule is C[C@H]1C[C@@H](C)[C@H](O)C1. The molecule has 0 aromatic carbocycles. The summed E-state index contributed by atoms with van der Waals surface area (Å²) in [5, 5.41) is 9.17. The maximum atomic E-state index is 9.17. The fourth-order valence-corrected chi connectivity index (χ4v) is 1.53. The van der Waals surface area contributed by atoms with Gasteiger partial charge in [0.05, 0.1) is 6.10 Å². The van der Waals surface area contributed by atoms with Gasteiger partial charge in [-0.3, -0.25) is 0 Å². The fraction of sp³-hybridized carbons (Fsp3) is 1.00. The Hall–Kier alpha value is -0.0400. The molecule has 0 saturated heterocycles. The van der Waals surface area contributed by atoms with Crippen molar-refractivity contribution in [3.05, 3.63) is 0 Å². The van der Waals surface area contributed by atoms with Crippen LogP contribution in [0.15, 0.2) is 0 Å². The summed E-state index contributed by atoms with van der Waals surface area (Å²) in [6, 6.07) is 0. The standard InChI is InChI=1S/C7H14O/c1-5-3-6(2)7(8)4-5/h5-8H,3-4H2,1-2H3/t5-,6+,7+/m0/s1. The molecule has 1 rings (SSSR count). The smallest absolute Gasteiger partial charge is 0.0568 e. The van der Waals surface area contributed by atoms with Crippen LogP contribution in [-0.4, -0.2) is 11.2 Å². The minimum atomic E-state index is -0.00926. The highest BCUT2D eigenvalue weighted by atomic mass is 16.3. The zero-order chi connectivity index (χ0) is 6.15. The zero-order valence-electron chi connectivity index (χ0n) is 5.59. The summed E-state index contributed by atoms with van der Waals surface area (Å²) >= 11 is 0. The van der Waals surface area contributed by atoms with Crippen LogP contribution in [0.25, 0.3) is 0 Å². The molecule has 1 aliphatic carbocycles. The summed E-state index contributed by atoms with van der Waals surface area (Å²) in [5.41, 5.74) is 0. The van der Waals surface area contributed by atoms with E-state index in [1.54, 1.807) is 0 Å². The molecular weight excluding hydrogens is 100 g/mol. The Morgan fingerprint density at radius 3 is 2.00 bits per heavy atom. The van der Waals surface area contributed by atoms with E-state index in [1.165, 1.54) is 6.42 Å². The molecule has 0 aliphatic heterocycles. The molecule has 8 heavy (non-hydrogen) atoms. The van der Waals surface area contributed by atoms with E-state index >= 15 is 0 Å². The Bertz CT molecular complexity index is 70.5. The van der Waals surface area contributed by atoms with Crippen molar-refractivity contribution in [1.29, 1.82) is 0 Å². The maximum absolute atomic E-state index is 9.17. The van der Waals surface area contributed by atoms with Crippen LogP contribution in [0.4, 0.5) is 0 Å². The van der Waals surface area contributed by atoms with Crippen LogP contribution < -0.4 is 0 Å². The number of aliphatic hydroxyl groups is 1. The second-order valence-corrected chi connectivity index (χ2v) is 3.12. The molecule has 48 valence electrons. The molecule has 0 aromatic rings. The van der Waals surface area contributed by atoms with Gasteiger partial charge in [0.25, 0.3) is 0 Å². The van der Waals surface area contributed by atoms with Crippen molar-refractivity contribution < 1.29 is 5.11 Å². The molecular formula is C7H14O. The summed E-state index contributed by atoms with van der Waals surface area (Å²) in [6.07, 6.45) is 2.22. The molecule has 0 aromatic heterocycles. The van der Waals surface area contributed by atoms with Crippen LogP contribution in [0, 0.1) is 11.8 Å². The predicted octanol–water partition coefficient (Wildman–Crippen LogP) is 1.41. The van der Waals surface area contributed by atoms with Crippen LogP contribution in [0.5, 0.6) is 0 Å². The predicted molar refractivity (Wildman–Crippen MR) is 33.6 cm³/mol. The normalized spacial score (nSPS) is 47.6. The van der Waals surface area contributed by atoms with Crippen molar-refractivity contribution in [3.8, 4) is 0 Å². The molecule has 1 fully saturated rings. The van der Waals surface area contributed by atoms with E-state index in [1.807, 2.05) is 0 Å². The molecule has 1 saturated carbocycles. The molecule has 0 heterocycles. The second-order valence-electron chi connectivity index (χ2n) is 3.12. The first-order valence-corrected chi connectivity index (χ1v) is 3.38. The Kier molecular flexibility index (Phi) is 1.57. The molecule has 1 nitrogen and oxygen atoms in total. The van der Waals surface area contributed by atoms with Crippen LogP contribution >= 0.6 is 0 Å². The second kappa shape index (κ2) is 2.06. The van der Waals surface area contributed by atoms with Crippen LogP contribution in [0.2, 0.25) is 0 Å². The van der Waals surface area contributed by atoms with Gasteiger partial charge in [-0.1, -0.05) is 13.8 Å². The van der Waals surface area contributed by atoms with E-state index in [4.69, 9.17) is 5.11 Å². The van der Waals surface area contributed by atoms with E-state index < -0.39 is 0 Å². The average molecular weight is 114 g/mol. The van der Waals surface area contributed by atoms with Crippen LogP contribution in [0.1, 0.15) is 26.7 Å². The summed E-state index contributed by atoms with van der Waals surface area (Å²) < 4.78 is 0. The minimum absolute atomic E-state index is 0.00926. The summed E-state index contributed by atoms with van der Waals surface area (Å²) in [6.45, 7) is 4.32. The van der Waals surface area contributed by atoms with Crippen molar-refractivity contribution >= 4 is 0 Å². The third-order valence-electron chi connectivity index (χ3n) is 2.07. The average Bonchev–Trinajstić information content (AvgIpc) is 1.85. The van der Waals surface area contributed by atoms with Gasteiger partial charge in [0.15, 0.2) is 0 Å². The Balaban J connectivity index is 2.39. The van der Waals surface area contributed by atoms with E-state index in [2.05, 4.69) is 13.8 Å². The lowest BCUT2D eigenvalue weighted by Gasteiger charge is -2.04. The van der Waals surface area contributed by atoms with Gasteiger partial charge in [-0.25, -0.2) is 0 Å². The summed E-state index contributed by atoms with van der Waals surface area (Å²) in [7, 11) is 0. The highest BCUT2D eigenvalue weighted by Gasteiger charge is 2.25. The molecule has 0 radical (unpaired) electrons. The quantitative estimate of drug-likeness (QED) is 0.505. The Morgan fingerprint density at radius 2 is 1.88 bits per heavy atom. The fourth-order valence-electron chi connectivity index (χ4n) is 1.53. The van der Waals surface area contributed by atoms with Crippen molar-refractivity contribution in [1.82, 2.24) is 0 Å². The Labute approximate surface area is 50.7 Å². The van der Waals surface area contributed by atoms with Crippen molar-refractivity contribution in [2.24, 2.45) is 11.8 Å². The number of hydrogen-bond donors (Lipinski definition) is 1. The van der Waals surface area contributed by atoms with Gasteiger partial charge in [0, 0.05) is 0 Å². The molecule has 1 aliphatic rings. The molecule has 0 amide bonds. The van der Waals surface area contributed by atoms with Crippen LogP contribution in [0.3, 0.4) is 0 Å². The van der Waals surface area contributed by atoms with Crippen molar-refractivity contribution in [3.63, 3.8) is 0 Å². The van der Waals surface area contributed by atoms with Crippen molar-refractivity contribution in [2.45, 2.75) is 32.8 Å². The molecule has 1 N–H and O–H groups in total. The lowest BCUT2D eigenvalue weighted by molar-refractivity contribution is 0.140. The number of rotatable bonds is 0. The maximum Gasteiger partial charge on any atom is 0.0568 e. The summed E-state index contributed by atoms with van der Waals surface area (Å²) in [4.78, 5) is 0. The van der Waals surface area contributed by atoms with E-state index in [0.717, 1.165) is 12.3 Å². The number of aliphatic hydroxyl groups excluding tert-OH is 1. The van der Waals surface area contributed by atoms with Gasteiger partial charge in [-0.15, -0.1) is 0 Å². The van der Waals surface area contributed by atoms with Gasteiger partial charge in [-0.2, -0.15) is 0 Å². The highest BCUT2D eigenvalue weighted by molar-refractivity contribution is 4.77. The first kappa shape index (κ1) is 6.09. The number of hydrogen-bond acceptors (Lipinski definition) is 1. The lowest BCUT2D eigenvalue weighted by Crippen LogP contribution is -2.07.